The molecule has 120 valence electrons. The Morgan fingerprint density at radius 3 is 2.78 bits per heavy atom. The van der Waals surface area contributed by atoms with Gasteiger partial charge in [0.15, 0.2) is 18.0 Å². The maximum absolute atomic E-state index is 11.0. The number of aromatic nitrogens is 2. The van der Waals surface area contributed by atoms with Gasteiger partial charge in [-0.25, -0.2) is 9.55 Å². The van der Waals surface area contributed by atoms with Crippen LogP contribution in [0.3, 0.4) is 0 Å². The molecule has 0 aliphatic heterocycles. The first-order valence-corrected chi connectivity index (χ1v) is 7.19. The molecule has 1 aromatic carbocycles. The first-order chi connectivity index (χ1) is 10.6. The molecule has 2 aromatic heterocycles. The second-order valence-corrected chi connectivity index (χ2v) is 5.01. The predicted octanol–water partition coefficient (Wildman–Crippen LogP) is 0.277. The van der Waals surface area contributed by atoms with Gasteiger partial charge in [-0.1, -0.05) is 6.92 Å². The molecule has 0 N–H and O–H groups in total. The molecule has 0 aliphatic rings. The summed E-state index contributed by atoms with van der Waals surface area (Å²) in [5.74, 6) is 0.480. The van der Waals surface area contributed by atoms with E-state index in [4.69, 9.17) is 4.42 Å². The van der Waals surface area contributed by atoms with Crippen LogP contribution < -0.4 is 28.5 Å². The van der Waals surface area contributed by atoms with Crippen molar-refractivity contribution in [1.82, 2.24) is 4.98 Å². The summed E-state index contributed by atoms with van der Waals surface area (Å²) in [5.41, 5.74) is 2.83. The Hall–Kier alpha value is -2.03. The molecule has 0 fully saturated rings. The SMILES string of the molecule is CCc1cc([N+](=O)[O-])cc2nc(-c3ccc[n+](CC)c3)oc12.[I-]. The van der Waals surface area contributed by atoms with Gasteiger partial charge < -0.3 is 28.4 Å². The van der Waals surface area contributed by atoms with Gasteiger partial charge in [-0.2, -0.15) is 0 Å². The molecule has 3 aromatic rings. The molecule has 0 amide bonds. The van der Waals surface area contributed by atoms with E-state index in [2.05, 4.69) is 4.98 Å². The number of nitro groups is 1. The summed E-state index contributed by atoms with van der Waals surface area (Å²) in [4.78, 5) is 15.0. The fourth-order valence-electron chi connectivity index (χ4n) is 2.42. The minimum Gasteiger partial charge on any atom is -1.00 e. The van der Waals surface area contributed by atoms with Gasteiger partial charge in [0, 0.05) is 23.8 Å². The van der Waals surface area contributed by atoms with Gasteiger partial charge >= 0.3 is 0 Å². The van der Waals surface area contributed by atoms with Gasteiger partial charge in [-0.15, -0.1) is 0 Å². The minimum atomic E-state index is -0.402. The average molecular weight is 425 g/mol. The number of hydrogen-bond donors (Lipinski definition) is 0. The van der Waals surface area contributed by atoms with Crippen LogP contribution in [0.4, 0.5) is 5.69 Å². The van der Waals surface area contributed by atoms with Gasteiger partial charge in [0.05, 0.1) is 4.92 Å². The summed E-state index contributed by atoms with van der Waals surface area (Å²) in [6.07, 6.45) is 4.57. The van der Waals surface area contributed by atoms with Crippen LogP contribution >= 0.6 is 0 Å². The zero-order valence-corrected chi connectivity index (χ0v) is 15.0. The Morgan fingerprint density at radius 2 is 2.13 bits per heavy atom. The number of pyridine rings is 1. The number of hydrogen-bond acceptors (Lipinski definition) is 4. The predicted molar refractivity (Wildman–Crippen MR) is 81.3 cm³/mol. The second-order valence-electron chi connectivity index (χ2n) is 5.01. The van der Waals surface area contributed by atoms with Gasteiger partial charge in [0.25, 0.3) is 5.69 Å². The largest absolute Gasteiger partial charge is 1.00 e. The lowest BCUT2D eigenvalue weighted by atomic mass is 10.1. The Balaban J connectivity index is 0.00000192. The Bertz CT molecular complexity index is 861. The third-order valence-electron chi connectivity index (χ3n) is 3.61. The number of non-ortho nitro benzene ring substituents is 1. The molecule has 7 heteroatoms. The van der Waals surface area contributed by atoms with Crippen LogP contribution in [0.1, 0.15) is 19.4 Å². The van der Waals surface area contributed by atoms with Gasteiger partial charge in [0.1, 0.15) is 17.6 Å². The molecule has 0 saturated heterocycles. The van der Waals surface area contributed by atoms with Crippen molar-refractivity contribution in [1.29, 1.82) is 0 Å². The third kappa shape index (κ3) is 3.34. The van der Waals surface area contributed by atoms with Crippen molar-refractivity contribution in [3.63, 3.8) is 0 Å². The monoisotopic (exact) mass is 425 g/mol. The van der Waals surface area contributed by atoms with Crippen molar-refractivity contribution in [2.45, 2.75) is 26.8 Å². The smallest absolute Gasteiger partial charge is 0.272 e. The van der Waals surface area contributed by atoms with Crippen LogP contribution in [-0.4, -0.2) is 9.91 Å². The van der Waals surface area contributed by atoms with Crippen LogP contribution in [0.2, 0.25) is 0 Å². The van der Waals surface area contributed by atoms with Crippen LogP contribution in [0.15, 0.2) is 41.1 Å². The average Bonchev–Trinajstić information content (AvgIpc) is 2.98. The summed E-state index contributed by atoms with van der Waals surface area (Å²) in [6, 6.07) is 6.85. The van der Waals surface area contributed by atoms with Crippen molar-refractivity contribution in [3.8, 4) is 11.5 Å². The Morgan fingerprint density at radius 1 is 1.35 bits per heavy atom. The van der Waals surface area contributed by atoms with Crippen molar-refractivity contribution in [2.24, 2.45) is 0 Å². The first-order valence-electron chi connectivity index (χ1n) is 7.19. The van der Waals surface area contributed by atoms with E-state index in [0.717, 1.165) is 17.7 Å². The van der Waals surface area contributed by atoms with Crippen LogP contribution in [0.5, 0.6) is 0 Å². The second kappa shape index (κ2) is 7.03. The molecule has 0 aliphatic carbocycles. The fraction of sp³-hybridized carbons (Fsp3) is 0.250. The van der Waals surface area contributed by atoms with E-state index in [0.29, 0.717) is 23.4 Å². The van der Waals surface area contributed by atoms with Gasteiger partial charge in [-0.3, -0.25) is 10.1 Å². The molecule has 6 nitrogen and oxygen atoms in total. The van der Waals surface area contributed by atoms with E-state index in [9.17, 15) is 10.1 Å². The zero-order valence-electron chi connectivity index (χ0n) is 12.8. The number of nitrogens with zero attached hydrogens (tertiary/aromatic N) is 3. The van der Waals surface area contributed by atoms with Crippen LogP contribution in [0.25, 0.3) is 22.6 Å². The van der Waals surface area contributed by atoms with Gasteiger partial charge in [-0.05, 0) is 19.4 Å². The zero-order chi connectivity index (χ0) is 15.7. The highest BCUT2D eigenvalue weighted by Gasteiger charge is 2.18. The standard InChI is InChI=1S/C16H16N3O3.HI/c1-3-11-8-13(19(20)21)9-14-15(11)22-16(17-14)12-6-5-7-18(4-2)10-12;/h5-10H,3-4H2,1-2H3;1H/q+1;/p-1. The van der Waals surface area contributed by atoms with Crippen molar-refractivity contribution < 1.29 is 37.9 Å². The molecular weight excluding hydrogens is 409 g/mol. The molecule has 2 heterocycles. The minimum absolute atomic E-state index is 0. The molecule has 0 atom stereocenters. The van der Waals surface area contributed by atoms with E-state index in [1.165, 1.54) is 6.07 Å². The highest BCUT2D eigenvalue weighted by molar-refractivity contribution is 5.81. The van der Waals surface area contributed by atoms with E-state index in [1.54, 1.807) is 6.07 Å². The number of halogens is 1. The molecule has 0 radical (unpaired) electrons. The molecule has 0 bridgehead atoms. The summed E-state index contributed by atoms with van der Waals surface area (Å²) in [6.45, 7) is 4.84. The number of nitro benzene ring substituents is 1. The normalized spacial score (nSPS) is 10.5. The lowest BCUT2D eigenvalue weighted by molar-refractivity contribution is -0.693. The Labute approximate surface area is 150 Å². The lowest BCUT2D eigenvalue weighted by Crippen LogP contribution is -3.00. The van der Waals surface area contributed by atoms with E-state index < -0.39 is 4.92 Å². The Kier molecular flexibility index (Phi) is 5.30. The summed E-state index contributed by atoms with van der Waals surface area (Å²) < 4.78 is 7.88. The fourth-order valence-corrected chi connectivity index (χ4v) is 2.42. The molecular formula is C16H16IN3O3. The van der Waals surface area contributed by atoms with Crippen LogP contribution in [-0.2, 0) is 13.0 Å². The quantitative estimate of drug-likeness (QED) is 0.261. The number of benzene rings is 1. The third-order valence-corrected chi connectivity index (χ3v) is 3.61. The lowest BCUT2D eigenvalue weighted by Gasteiger charge is -1.97. The molecule has 3 rings (SSSR count). The topological polar surface area (TPSA) is 73.1 Å². The van der Waals surface area contributed by atoms with Crippen molar-refractivity contribution in [3.05, 3.63) is 52.3 Å². The van der Waals surface area contributed by atoms with Crippen LogP contribution in [0, 0.1) is 10.1 Å². The van der Waals surface area contributed by atoms with Gasteiger partial charge in [0.2, 0.25) is 5.89 Å². The molecule has 0 unspecified atom stereocenters. The molecule has 0 saturated carbocycles. The highest BCUT2D eigenvalue weighted by atomic mass is 127. The number of aryl methyl sites for hydroxylation is 2. The maximum atomic E-state index is 11.0. The van der Waals surface area contributed by atoms with E-state index in [-0.39, 0.29) is 29.7 Å². The van der Waals surface area contributed by atoms with E-state index >= 15 is 0 Å². The number of rotatable bonds is 4. The maximum Gasteiger partial charge on any atom is 0.272 e. The van der Waals surface area contributed by atoms with E-state index in [1.807, 2.05) is 42.9 Å². The summed E-state index contributed by atoms with van der Waals surface area (Å²) in [7, 11) is 0. The van der Waals surface area contributed by atoms with Crippen molar-refractivity contribution in [2.75, 3.05) is 0 Å². The van der Waals surface area contributed by atoms with Crippen molar-refractivity contribution >= 4 is 16.8 Å². The first kappa shape index (κ1) is 17.3. The summed E-state index contributed by atoms with van der Waals surface area (Å²) in [5, 5.41) is 11.0. The molecule has 23 heavy (non-hydrogen) atoms. The highest BCUT2D eigenvalue weighted by Crippen LogP contribution is 2.29. The number of oxazole rings is 1. The summed E-state index contributed by atoms with van der Waals surface area (Å²) >= 11 is 0. The number of fused-ring (bicyclic) bond motifs is 1. The molecule has 0 spiro atoms.